The van der Waals surface area contributed by atoms with Crippen molar-refractivity contribution in [3.63, 3.8) is 0 Å². The summed E-state index contributed by atoms with van der Waals surface area (Å²) < 4.78 is 6.09. The van der Waals surface area contributed by atoms with E-state index < -0.39 is 0 Å². The summed E-state index contributed by atoms with van der Waals surface area (Å²) >= 11 is 4.94. The summed E-state index contributed by atoms with van der Waals surface area (Å²) in [7, 11) is 1.86. The van der Waals surface area contributed by atoms with Gasteiger partial charge in [-0.15, -0.1) is 10.2 Å². The van der Waals surface area contributed by atoms with Gasteiger partial charge in [0.05, 0.1) is 17.1 Å². The van der Waals surface area contributed by atoms with Gasteiger partial charge in [-0.25, -0.2) is 4.68 Å². The molecule has 2 heterocycles. The first-order valence-corrected chi connectivity index (χ1v) is 16.7. The van der Waals surface area contributed by atoms with E-state index in [4.69, 9.17) is 0 Å². The van der Waals surface area contributed by atoms with Crippen LogP contribution in [0.25, 0.3) is 22.8 Å². The number of hydrogen-bond acceptors (Lipinski definition) is 5. The molecule has 0 aliphatic carbocycles. The first kappa shape index (κ1) is 31.3. The first-order chi connectivity index (χ1) is 22.4. The third-order valence-corrected chi connectivity index (χ3v) is 9.51. The molecule has 0 aliphatic rings. The fourth-order valence-corrected chi connectivity index (χ4v) is 6.72. The molecule has 232 valence electrons. The van der Waals surface area contributed by atoms with Gasteiger partial charge in [0.25, 0.3) is 5.56 Å². The van der Waals surface area contributed by atoms with E-state index in [0.717, 1.165) is 33.4 Å². The maximum atomic E-state index is 14.2. The molecule has 10 heteroatoms. The lowest BCUT2D eigenvalue weighted by Gasteiger charge is -2.23. The molecule has 0 radical (unpaired) electrons. The summed E-state index contributed by atoms with van der Waals surface area (Å²) in [5.41, 5.74) is 4.74. The van der Waals surface area contributed by atoms with Gasteiger partial charge in [0.1, 0.15) is 5.69 Å². The first-order valence-electron chi connectivity index (χ1n) is 15.0. The lowest BCUT2D eigenvalue weighted by molar-refractivity contribution is -0.128. The Morgan fingerprint density at radius 1 is 0.826 bits per heavy atom. The summed E-state index contributed by atoms with van der Waals surface area (Å²) in [6, 6.07) is 37.4. The summed E-state index contributed by atoms with van der Waals surface area (Å²) in [6.07, 6.45) is 0.745. The Morgan fingerprint density at radius 3 is 2.11 bits per heavy atom. The third kappa shape index (κ3) is 6.63. The van der Waals surface area contributed by atoms with Crippen LogP contribution in [0.1, 0.15) is 16.8 Å². The van der Waals surface area contributed by atoms with Crippen molar-refractivity contribution in [2.45, 2.75) is 25.0 Å². The number of carbonyl (C=O) groups is 1. The van der Waals surface area contributed by atoms with Crippen LogP contribution in [0.15, 0.2) is 130 Å². The highest BCUT2D eigenvalue weighted by Crippen LogP contribution is 2.32. The molecule has 6 rings (SSSR count). The number of aromatic nitrogens is 5. The van der Waals surface area contributed by atoms with Gasteiger partial charge < -0.3 is 4.90 Å². The van der Waals surface area contributed by atoms with Gasteiger partial charge in [0.2, 0.25) is 5.91 Å². The number of para-hydroxylation sites is 1. The zero-order valence-corrected chi connectivity index (χ0v) is 28.0. The van der Waals surface area contributed by atoms with E-state index in [1.807, 2.05) is 127 Å². The Kier molecular flexibility index (Phi) is 9.65. The summed E-state index contributed by atoms with van der Waals surface area (Å²) in [4.78, 5) is 29.9. The molecule has 6 aromatic rings. The van der Waals surface area contributed by atoms with E-state index in [-0.39, 0.29) is 17.2 Å². The zero-order valence-electron chi connectivity index (χ0n) is 25.6. The number of rotatable bonds is 11. The van der Waals surface area contributed by atoms with E-state index in [2.05, 4.69) is 38.3 Å². The molecule has 0 fully saturated rings. The number of hydrogen-bond donors (Lipinski definition) is 0. The van der Waals surface area contributed by atoms with Crippen molar-refractivity contribution in [2.75, 3.05) is 12.3 Å². The fraction of sp³-hybridized carbons (Fsp3) is 0.167. The van der Waals surface area contributed by atoms with Crippen LogP contribution in [0.2, 0.25) is 0 Å². The van der Waals surface area contributed by atoms with Gasteiger partial charge >= 0.3 is 0 Å². The minimum absolute atomic E-state index is 0.0201. The molecule has 0 bridgehead atoms. The Balaban J connectivity index is 1.36. The SMILES string of the molecule is Cc1c(-n2c(SCC(=O)N(CCc3ccccc3)Cc3ccccc3)nnc2-c2ccccc2Br)c(=O)n(-c2ccccc2)n1C. The van der Waals surface area contributed by atoms with E-state index in [1.165, 1.54) is 17.3 Å². The molecule has 2 aromatic heterocycles. The van der Waals surface area contributed by atoms with Crippen molar-refractivity contribution in [3.05, 3.63) is 147 Å². The average molecular weight is 694 g/mol. The minimum Gasteiger partial charge on any atom is -0.337 e. The number of benzene rings is 4. The molecule has 8 nitrogen and oxygen atoms in total. The predicted molar refractivity (Wildman–Crippen MR) is 187 cm³/mol. The van der Waals surface area contributed by atoms with Crippen LogP contribution in [0.5, 0.6) is 0 Å². The number of halogens is 1. The second kappa shape index (κ2) is 14.2. The number of amides is 1. The molecular weight excluding hydrogens is 660 g/mol. The Hall–Kier alpha value is -4.67. The quantitative estimate of drug-likeness (QED) is 0.139. The van der Waals surface area contributed by atoms with Crippen LogP contribution in [0.4, 0.5) is 0 Å². The second-order valence-corrected chi connectivity index (χ2v) is 12.7. The van der Waals surface area contributed by atoms with Crippen LogP contribution < -0.4 is 5.56 Å². The fourth-order valence-electron chi connectivity index (χ4n) is 5.42. The van der Waals surface area contributed by atoms with E-state index in [9.17, 15) is 9.59 Å². The highest BCUT2D eigenvalue weighted by molar-refractivity contribution is 9.10. The highest BCUT2D eigenvalue weighted by Gasteiger charge is 2.26. The monoisotopic (exact) mass is 692 g/mol. The molecule has 1 amide bonds. The summed E-state index contributed by atoms with van der Waals surface area (Å²) in [5.74, 6) is 0.626. The van der Waals surface area contributed by atoms with Crippen molar-refractivity contribution in [2.24, 2.45) is 7.05 Å². The predicted octanol–water partition coefficient (Wildman–Crippen LogP) is 6.86. The van der Waals surface area contributed by atoms with Gasteiger partial charge in [-0.2, -0.15) is 0 Å². The van der Waals surface area contributed by atoms with Crippen LogP contribution in [0, 0.1) is 6.92 Å². The third-order valence-electron chi connectivity index (χ3n) is 7.90. The number of carbonyl (C=O) groups excluding carboxylic acids is 1. The van der Waals surface area contributed by atoms with Gasteiger partial charge in [0.15, 0.2) is 11.0 Å². The topological polar surface area (TPSA) is 78.0 Å². The molecule has 0 spiro atoms. The van der Waals surface area contributed by atoms with Crippen LogP contribution in [-0.4, -0.2) is 47.2 Å². The Morgan fingerprint density at radius 2 is 1.43 bits per heavy atom. The van der Waals surface area contributed by atoms with Gasteiger partial charge in [-0.3, -0.25) is 18.8 Å². The Labute approximate surface area is 280 Å². The van der Waals surface area contributed by atoms with Crippen molar-refractivity contribution in [1.29, 1.82) is 0 Å². The van der Waals surface area contributed by atoms with Crippen molar-refractivity contribution < 1.29 is 4.79 Å². The van der Waals surface area contributed by atoms with Crippen molar-refractivity contribution in [3.8, 4) is 22.8 Å². The molecule has 0 atom stereocenters. The molecule has 0 aliphatic heterocycles. The molecule has 0 N–H and O–H groups in total. The number of nitrogens with zero attached hydrogens (tertiary/aromatic N) is 6. The average Bonchev–Trinajstić information content (AvgIpc) is 3.59. The van der Waals surface area contributed by atoms with E-state index in [0.29, 0.717) is 29.8 Å². The maximum Gasteiger partial charge on any atom is 0.296 e. The van der Waals surface area contributed by atoms with Crippen molar-refractivity contribution in [1.82, 2.24) is 29.0 Å². The summed E-state index contributed by atoms with van der Waals surface area (Å²) in [6.45, 7) is 2.99. The normalized spacial score (nSPS) is 11.1. The van der Waals surface area contributed by atoms with Crippen molar-refractivity contribution >= 4 is 33.6 Å². The molecule has 0 saturated heterocycles. The molecular formula is C36H33BrN6O2S. The molecule has 46 heavy (non-hydrogen) atoms. The summed E-state index contributed by atoms with van der Waals surface area (Å²) in [5, 5.41) is 9.57. The van der Waals surface area contributed by atoms with E-state index in [1.54, 1.807) is 9.25 Å². The van der Waals surface area contributed by atoms with Crippen LogP contribution in [0.3, 0.4) is 0 Å². The van der Waals surface area contributed by atoms with E-state index >= 15 is 0 Å². The smallest absolute Gasteiger partial charge is 0.296 e. The lowest BCUT2D eigenvalue weighted by Crippen LogP contribution is -2.34. The largest absolute Gasteiger partial charge is 0.337 e. The van der Waals surface area contributed by atoms with Crippen LogP contribution in [-0.2, 0) is 24.8 Å². The second-order valence-electron chi connectivity index (χ2n) is 10.9. The molecule has 4 aromatic carbocycles. The standard InChI is InChI=1S/C36H33BrN6O2S/c1-26-33(35(45)43(40(26)2)29-18-10-5-11-19-29)42-34(30-20-12-13-21-31(30)37)38-39-36(42)46-25-32(44)41(24-28-16-8-4-9-17-28)23-22-27-14-6-3-7-15-27/h3-21H,22-25H2,1-2H3. The zero-order chi connectivity index (χ0) is 32.0. The number of thioether (sulfide) groups is 1. The molecule has 0 saturated carbocycles. The van der Waals surface area contributed by atoms with Crippen LogP contribution >= 0.6 is 27.7 Å². The highest BCUT2D eigenvalue weighted by atomic mass is 79.9. The van der Waals surface area contributed by atoms with Gasteiger partial charge in [0, 0.05) is 30.2 Å². The minimum atomic E-state index is -0.207. The van der Waals surface area contributed by atoms with Gasteiger partial charge in [-0.05, 0) is 42.7 Å². The lowest BCUT2D eigenvalue weighted by atomic mass is 10.1. The molecule has 0 unspecified atom stereocenters. The Bertz CT molecular complexity index is 2010. The van der Waals surface area contributed by atoms with Gasteiger partial charge in [-0.1, -0.05) is 125 Å². The maximum absolute atomic E-state index is 14.2.